The number of rotatable bonds is 9. The van der Waals surface area contributed by atoms with Gasteiger partial charge < -0.3 is 20.7 Å². The smallest absolute Gasteiger partial charge is 0.416 e. The summed E-state index contributed by atoms with van der Waals surface area (Å²) in [6, 6.07) is 14.6. The second-order valence-electron chi connectivity index (χ2n) is 8.73. The number of hydrogen-bond donors (Lipinski definition) is 3. The number of anilines is 3. The molecule has 2 aromatic carbocycles. The second kappa shape index (κ2) is 12.1. The van der Waals surface area contributed by atoms with Crippen molar-refractivity contribution in [1.29, 1.82) is 0 Å². The summed E-state index contributed by atoms with van der Waals surface area (Å²) < 4.78 is 46.8. The predicted octanol–water partition coefficient (Wildman–Crippen LogP) is 7.67. The molecular weight excluding hydrogens is 555 g/mol. The van der Waals surface area contributed by atoms with Crippen LogP contribution in [-0.2, 0) is 6.18 Å². The molecule has 0 spiro atoms. The van der Waals surface area contributed by atoms with Crippen LogP contribution >= 0.6 is 11.3 Å². The van der Waals surface area contributed by atoms with Gasteiger partial charge in [-0.3, -0.25) is 0 Å². The van der Waals surface area contributed by atoms with Crippen LogP contribution < -0.4 is 20.7 Å². The summed E-state index contributed by atoms with van der Waals surface area (Å²) in [6.45, 7) is 2.97. The van der Waals surface area contributed by atoms with Crippen molar-refractivity contribution in [3.63, 3.8) is 0 Å². The topological polar surface area (TPSA) is 106 Å². The van der Waals surface area contributed by atoms with E-state index in [4.69, 9.17) is 4.74 Å². The Morgan fingerprint density at radius 3 is 2.54 bits per heavy atom. The molecule has 0 aliphatic carbocycles. The van der Waals surface area contributed by atoms with Crippen LogP contribution in [0.2, 0.25) is 0 Å². The standard InChI is InChI=1S/C28H24F3N7O2S/c1-2-12-32-27-34-17-24(41-27)18-4-8-21(9-5-18)40-25-11-7-20(16-33-25)36-26(39)37-22-10-6-19(28(29,30)31)15-23(22)38-14-3-13-35-38/h3-11,13-17H,2,12H2,1H3,(H,32,34)(H2,36,37,39). The molecule has 0 fully saturated rings. The number of halogens is 3. The maximum atomic E-state index is 13.2. The normalized spacial score (nSPS) is 11.2. The van der Waals surface area contributed by atoms with Crippen LogP contribution in [0.3, 0.4) is 0 Å². The zero-order valence-corrected chi connectivity index (χ0v) is 22.5. The zero-order chi connectivity index (χ0) is 28.8. The number of nitrogens with one attached hydrogen (secondary N) is 3. The summed E-state index contributed by atoms with van der Waals surface area (Å²) in [5.41, 5.74) is 0.719. The first-order chi connectivity index (χ1) is 19.8. The van der Waals surface area contributed by atoms with Crippen molar-refractivity contribution in [2.75, 3.05) is 22.5 Å². The van der Waals surface area contributed by atoms with E-state index in [9.17, 15) is 18.0 Å². The molecule has 0 radical (unpaired) electrons. The summed E-state index contributed by atoms with van der Waals surface area (Å²) in [6.07, 6.45) is 2.63. The lowest BCUT2D eigenvalue weighted by Gasteiger charge is -2.15. The zero-order valence-electron chi connectivity index (χ0n) is 21.6. The van der Waals surface area contributed by atoms with Crippen LogP contribution in [0.1, 0.15) is 18.9 Å². The molecule has 0 unspecified atom stereocenters. The summed E-state index contributed by atoms with van der Waals surface area (Å²) in [5, 5.41) is 13.3. The molecule has 3 aromatic heterocycles. The van der Waals surface area contributed by atoms with Gasteiger partial charge >= 0.3 is 12.2 Å². The number of amides is 2. The molecule has 9 nitrogen and oxygen atoms in total. The number of carbonyl (C=O) groups excluding carboxylic acids is 1. The predicted molar refractivity (Wildman–Crippen MR) is 152 cm³/mol. The third kappa shape index (κ3) is 7.00. The van der Waals surface area contributed by atoms with Gasteiger partial charge in [0.05, 0.1) is 33.7 Å². The van der Waals surface area contributed by atoms with Crippen LogP contribution in [-0.4, -0.2) is 32.3 Å². The van der Waals surface area contributed by atoms with Gasteiger partial charge in [0.15, 0.2) is 5.13 Å². The number of benzene rings is 2. The lowest BCUT2D eigenvalue weighted by atomic mass is 10.1. The first kappa shape index (κ1) is 27.6. The van der Waals surface area contributed by atoms with E-state index < -0.39 is 17.8 Å². The maximum absolute atomic E-state index is 13.2. The van der Waals surface area contributed by atoms with Gasteiger partial charge in [0.25, 0.3) is 0 Å². The number of nitrogens with zero attached hydrogens (tertiary/aromatic N) is 4. The minimum Gasteiger partial charge on any atom is -0.439 e. The highest BCUT2D eigenvalue weighted by Crippen LogP contribution is 2.34. The minimum absolute atomic E-state index is 0.0665. The number of alkyl halides is 3. The van der Waals surface area contributed by atoms with Crippen LogP contribution in [0.25, 0.3) is 16.1 Å². The number of carbonyl (C=O) groups is 1. The lowest BCUT2D eigenvalue weighted by Crippen LogP contribution is -2.21. The fraction of sp³-hybridized carbons (Fsp3) is 0.143. The summed E-state index contributed by atoms with van der Waals surface area (Å²) in [4.78, 5) is 22.3. The van der Waals surface area contributed by atoms with Gasteiger partial charge in [-0.05, 0) is 66.6 Å². The van der Waals surface area contributed by atoms with Crippen LogP contribution in [0.15, 0.2) is 85.5 Å². The van der Waals surface area contributed by atoms with Gasteiger partial charge in [0.1, 0.15) is 5.75 Å². The third-order valence-electron chi connectivity index (χ3n) is 5.71. The number of urea groups is 1. The van der Waals surface area contributed by atoms with Crippen molar-refractivity contribution < 1.29 is 22.7 Å². The van der Waals surface area contributed by atoms with E-state index in [0.29, 0.717) is 17.3 Å². The first-order valence-corrected chi connectivity index (χ1v) is 13.3. The second-order valence-corrected chi connectivity index (χ2v) is 9.76. The van der Waals surface area contributed by atoms with Crippen molar-refractivity contribution in [3.05, 3.63) is 91.0 Å². The van der Waals surface area contributed by atoms with Gasteiger partial charge in [-0.25, -0.2) is 19.4 Å². The van der Waals surface area contributed by atoms with Crippen molar-refractivity contribution in [2.45, 2.75) is 19.5 Å². The average molecular weight is 580 g/mol. The Labute approximate surface area is 237 Å². The van der Waals surface area contributed by atoms with E-state index in [1.54, 1.807) is 29.5 Å². The Bertz CT molecular complexity index is 1600. The number of hydrogen-bond acceptors (Lipinski definition) is 7. The molecular formula is C28H24F3N7O2S. The Kier molecular flexibility index (Phi) is 8.15. The van der Waals surface area contributed by atoms with E-state index in [-0.39, 0.29) is 11.4 Å². The number of thiazole rings is 1. The number of pyridine rings is 1. The summed E-state index contributed by atoms with van der Waals surface area (Å²) >= 11 is 1.58. The molecule has 13 heteroatoms. The molecule has 0 atom stereocenters. The molecule has 0 aliphatic rings. The van der Waals surface area contributed by atoms with Crippen molar-refractivity contribution in [3.8, 4) is 27.8 Å². The Balaban J connectivity index is 1.20. The van der Waals surface area contributed by atoms with Crippen molar-refractivity contribution in [2.24, 2.45) is 0 Å². The number of aromatic nitrogens is 4. The lowest BCUT2D eigenvalue weighted by molar-refractivity contribution is -0.137. The van der Waals surface area contributed by atoms with Crippen LogP contribution in [0.5, 0.6) is 11.6 Å². The fourth-order valence-corrected chi connectivity index (χ4v) is 4.59. The molecule has 5 rings (SSSR count). The summed E-state index contributed by atoms with van der Waals surface area (Å²) in [7, 11) is 0. The Morgan fingerprint density at radius 1 is 1.02 bits per heavy atom. The molecule has 0 saturated heterocycles. The molecule has 2 amide bonds. The van der Waals surface area contributed by atoms with Gasteiger partial charge in [0.2, 0.25) is 5.88 Å². The quantitative estimate of drug-likeness (QED) is 0.166. The molecule has 3 heterocycles. The molecule has 0 aliphatic heterocycles. The third-order valence-corrected chi connectivity index (χ3v) is 6.72. The highest BCUT2D eigenvalue weighted by molar-refractivity contribution is 7.18. The fourth-order valence-electron chi connectivity index (χ4n) is 3.74. The van der Waals surface area contributed by atoms with E-state index in [0.717, 1.165) is 40.7 Å². The summed E-state index contributed by atoms with van der Waals surface area (Å²) in [5.74, 6) is 0.901. The molecule has 0 bridgehead atoms. The van der Waals surface area contributed by atoms with Crippen LogP contribution in [0, 0.1) is 0 Å². The molecule has 5 aromatic rings. The molecule has 3 N–H and O–H groups in total. The van der Waals surface area contributed by atoms with Gasteiger partial charge in [-0.15, -0.1) is 0 Å². The van der Waals surface area contributed by atoms with Gasteiger partial charge in [-0.1, -0.05) is 18.3 Å². The van der Waals surface area contributed by atoms with E-state index in [1.807, 2.05) is 30.5 Å². The highest BCUT2D eigenvalue weighted by Gasteiger charge is 2.31. The molecule has 0 saturated carbocycles. The minimum atomic E-state index is -4.54. The SMILES string of the molecule is CCCNc1ncc(-c2ccc(Oc3ccc(NC(=O)Nc4ccc(C(F)(F)F)cc4-n4cccn4)cn3)cc2)s1. The van der Waals surface area contributed by atoms with Crippen LogP contribution in [0.4, 0.5) is 34.5 Å². The molecule has 210 valence electrons. The van der Waals surface area contributed by atoms with Crippen molar-refractivity contribution >= 4 is 33.9 Å². The molecule has 41 heavy (non-hydrogen) atoms. The van der Waals surface area contributed by atoms with E-state index in [1.165, 1.54) is 29.3 Å². The number of ether oxygens (including phenoxy) is 1. The average Bonchev–Trinajstić information content (AvgIpc) is 3.66. The Hall–Kier alpha value is -4.91. The van der Waals surface area contributed by atoms with Gasteiger partial charge in [0, 0.05) is 31.2 Å². The first-order valence-electron chi connectivity index (χ1n) is 12.5. The Morgan fingerprint density at radius 2 is 1.85 bits per heavy atom. The monoisotopic (exact) mass is 579 g/mol. The maximum Gasteiger partial charge on any atom is 0.416 e. The highest BCUT2D eigenvalue weighted by atomic mass is 32.1. The van der Waals surface area contributed by atoms with Gasteiger partial charge in [-0.2, -0.15) is 18.3 Å². The van der Waals surface area contributed by atoms with Crippen molar-refractivity contribution in [1.82, 2.24) is 19.7 Å². The largest absolute Gasteiger partial charge is 0.439 e. The van der Waals surface area contributed by atoms with E-state index in [2.05, 4.69) is 37.9 Å². The van der Waals surface area contributed by atoms with E-state index >= 15 is 0 Å².